The molecule has 0 aromatic heterocycles. The maximum Gasteiger partial charge on any atom is 0.160 e. The lowest BCUT2D eigenvalue weighted by atomic mass is 9.90. The van der Waals surface area contributed by atoms with E-state index in [1.807, 2.05) is 32.0 Å². The Morgan fingerprint density at radius 1 is 1.38 bits per heavy atom. The number of benzene rings is 1. The Balaban J connectivity index is 2.16. The largest absolute Gasteiger partial charge is 0.485 e. The minimum Gasteiger partial charge on any atom is -0.485 e. The zero-order chi connectivity index (χ0) is 11.5. The number of hydrogen-bond donors (Lipinski definition) is 0. The van der Waals surface area contributed by atoms with E-state index in [0.29, 0.717) is 0 Å². The number of carbonyl (C=O) groups excluding carboxylic acids is 1. The third-order valence-electron chi connectivity index (χ3n) is 3.28. The molecule has 1 aromatic rings. The number of Topliss-reactive ketones (excluding diaryl/α,β-unsaturated/α-hetero) is 1. The quantitative estimate of drug-likeness (QED) is 0.537. The predicted molar refractivity (Wildman–Crippen MR) is 58.8 cm³/mol. The topological polar surface area (TPSA) is 38.8 Å². The van der Waals surface area contributed by atoms with Crippen LogP contribution >= 0.6 is 0 Å². The molecule has 0 spiro atoms. The van der Waals surface area contributed by atoms with E-state index in [2.05, 4.69) is 0 Å². The molecule has 0 saturated carbocycles. The van der Waals surface area contributed by atoms with Crippen molar-refractivity contribution in [2.75, 3.05) is 0 Å². The first-order valence-corrected chi connectivity index (χ1v) is 5.49. The minimum absolute atomic E-state index is 0.0406. The Kier molecular flexibility index (Phi) is 1.76. The van der Waals surface area contributed by atoms with Crippen molar-refractivity contribution < 1.29 is 14.3 Å². The van der Waals surface area contributed by atoms with Crippen molar-refractivity contribution in [1.29, 1.82) is 0 Å². The van der Waals surface area contributed by atoms with Crippen molar-refractivity contribution in [3.8, 4) is 5.75 Å². The number of fused-ring (bicyclic) bond motifs is 3. The number of ketones is 1. The third-order valence-corrected chi connectivity index (χ3v) is 3.28. The fourth-order valence-corrected chi connectivity index (χ4v) is 2.44. The summed E-state index contributed by atoms with van der Waals surface area (Å²) in [6.45, 7) is 5.61. The number of ether oxygens (including phenoxy) is 2. The van der Waals surface area contributed by atoms with Crippen LogP contribution in [0.3, 0.4) is 0 Å². The second-order valence-corrected chi connectivity index (χ2v) is 4.96. The predicted octanol–water partition coefficient (Wildman–Crippen LogP) is 2.50. The summed E-state index contributed by atoms with van der Waals surface area (Å²) in [5, 5.41) is 0. The van der Waals surface area contributed by atoms with Gasteiger partial charge in [-0.2, -0.15) is 0 Å². The molecule has 0 radical (unpaired) electrons. The van der Waals surface area contributed by atoms with E-state index in [9.17, 15) is 4.79 Å². The molecular formula is C13H14O3. The van der Waals surface area contributed by atoms with Crippen LogP contribution in [-0.2, 0) is 4.74 Å². The molecule has 1 fully saturated rings. The van der Waals surface area contributed by atoms with Crippen molar-refractivity contribution in [2.24, 2.45) is 0 Å². The molecule has 3 heteroatoms. The van der Waals surface area contributed by atoms with Gasteiger partial charge in [0.15, 0.2) is 5.78 Å². The highest BCUT2D eigenvalue weighted by molar-refractivity contribution is 5.96. The van der Waals surface area contributed by atoms with Crippen molar-refractivity contribution in [2.45, 2.75) is 38.6 Å². The fraction of sp³-hybridized carbons (Fsp3) is 0.462. The van der Waals surface area contributed by atoms with E-state index in [4.69, 9.17) is 9.47 Å². The summed E-state index contributed by atoms with van der Waals surface area (Å²) in [5.41, 5.74) is 1.35. The van der Waals surface area contributed by atoms with Gasteiger partial charge in [-0.3, -0.25) is 4.79 Å². The molecule has 2 aliphatic heterocycles. The Labute approximate surface area is 94.4 Å². The molecule has 1 saturated heterocycles. The summed E-state index contributed by atoms with van der Waals surface area (Å²) in [7, 11) is 0. The van der Waals surface area contributed by atoms with Gasteiger partial charge >= 0.3 is 0 Å². The van der Waals surface area contributed by atoms with Crippen LogP contribution in [0.15, 0.2) is 18.2 Å². The van der Waals surface area contributed by atoms with Crippen LogP contribution in [-0.4, -0.2) is 17.5 Å². The molecule has 2 aliphatic rings. The highest BCUT2D eigenvalue weighted by Gasteiger charge is 2.57. The standard InChI is InChI=1S/C13H14O3/c1-7(14)8-5-4-6-9-10(8)11-12(15-11)13(2,3)16-9/h4-6,11-12H,1-3H3/t11-,12-/m1/s1. The number of carbonyl (C=O) groups is 1. The molecule has 0 N–H and O–H groups in total. The summed E-state index contributed by atoms with van der Waals surface area (Å²) in [6.07, 6.45) is 0.124. The van der Waals surface area contributed by atoms with Gasteiger partial charge in [-0.05, 0) is 26.8 Å². The molecular weight excluding hydrogens is 204 g/mol. The normalized spacial score (nSPS) is 28.7. The maximum absolute atomic E-state index is 11.5. The van der Waals surface area contributed by atoms with E-state index in [1.165, 1.54) is 0 Å². The Morgan fingerprint density at radius 3 is 2.81 bits per heavy atom. The van der Waals surface area contributed by atoms with Crippen LogP contribution < -0.4 is 4.74 Å². The van der Waals surface area contributed by atoms with Crippen LogP contribution in [0.25, 0.3) is 0 Å². The van der Waals surface area contributed by atoms with Gasteiger partial charge in [-0.15, -0.1) is 0 Å². The van der Waals surface area contributed by atoms with Crippen molar-refractivity contribution in [1.82, 2.24) is 0 Å². The first kappa shape index (κ1) is 9.85. The van der Waals surface area contributed by atoms with Gasteiger partial charge in [0.1, 0.15) is 23.6 Å². The summed E-state index contributed by atoms with van der Waals surface area (Å²) in [5.74, 6) is 0.853. The van der Waals surface area contributed by atoms with Gasteiger partial charge in [0, 0.05) is 11.1 Å². The SMILES string of the molecule is CC(=O)c1cccc2c1[C@H]1O[C@H]1C(C)(C)O2. The van der Waals surface area contributed by atoms with Crippen LogP contribution in [0.5, 0.6) is 5.75 Å². The van der Waals surface area contributed by atoms with Crippen LogP contribution in [0, 0.1) is 0 Å². The van der Waals surface area contributed by atoms with Crippen LogP contribution in [0.4, 0.5) is 0 Å². The van der Waals surface area contributed by atoms with E-state index in [0.717, 1.165) is 16.9 Å². The maximum atomic E-state index is 11.5. The van der Waals surface area contributed by atoms with Crippen LogP contribution in [0.1, 0.15) is 42.8 Å². The second kappa shape index (κ2) is 2.86. The Bertz CT molecular complexity index is 476. The molecule has 2 heterocycles. The molecule has 3 rings (SSSR count). The number of epoxide rings is 1. The monoisotopic (exact) mass is 218 g/mol. The van der Waals surface area contributed by atoms with Gasteiger partial charge in [-0.25, -0.2) is 0 Å². The number of hydrogen-bond acceptors (Lipinski definition) is 3. The van der Waals surface area contributed by atoms with Gasteiger partial charge in [0.25, 0.3) is 0 Å². The van der Waals surface area contributed by atoms with Crippen molar-refractivity contribution in [3.05, 3.63) is 29.3 Å². The average Bonchev–Trinajstić information content (AvgIpc) is 2.96. The summed E-state index contributed by atoms with van der Waals surface area (Å²) in [6, 6.07) is 5.59. The second-order valence-electron chi connectivity index (χ2n) is 4.96. The summed E-state index contributed by atoms with van der Waals surface area (Å²) >= 11 is 0. The molecule has 1 aromatic carbocycles. The average molecular weight is 218 g/mol. The Hall–Kier alpha value is -1.35. The lowest BCUT2D eigenvalue weighted by molar-refractivity contribution is 0.0721. The smallest absolute Gasteiger partial charge is 0.160 e. The molecule has 0 bridgehead atoms. The van der Waals surface area contributed by atoms with E-state index >= 15 is 0 Å². The lowest BCUT2D eigenvalue weighted by Crippen LogP contribution is -2.38. The number of rotatable bonds is 1. The molecule has 84 valence electrons. The molecule has 0 aliphatic carbocycles. The van der Waals surface area contributed by atoms with Gasteiger partial charge in [0.05, 0.1) is 0 Å². The van der Waals surface area contributed by atoms with Crippen molar-refractivity contribution >= 4 is 5.78 Å². The van der Waals surface area contributed by atoms with E-state index in [-0.39, 0.29) is 23.6 Å². The summed E-state index contributed by atoms with van der Waals surface area (Å²) < 4.78 is 11.5. The van der Waals surface area contributed by atoms with E-state index in [1.54, 1.807) is 6.92 Å². The van der Waals surface area contributed by atoms with E-state index < -0.39 is 0 Å². The van der Waals surface area contributed by atoms with Crippen molar-refractivity contribution in [3.63, 3.8) is 0 Å². The molecule has 3 nitrogen and oxygen atoms in total. The van der Waals surface area contributed by atoms with Gasteiger partial charge in [0.2, 0.25) is 0 Å². The van der Waals surface area contributed by atoms with Gasteiger partial charge in [-0.1, -0.05) is 12.1 Å². The zero-order valence-corrected chi connectivity index (χ0v) is 9.61. The Morgan fingerprint density at radius 2 is 2.12 bits per heavy atom. The third kappa shape index (κ3) is 1.21. The molecule has 0 amide bonds. The van der Waals surface area contributed by atoms with Gasteiger partial charge < -0.3 is 9.47 Å². The molecule has 16 heavy (non-hydrogen) atoms. The fourth-order valence-electron chi connectivity index (χ4n) is 2.44. The highest BCUT2D eigenvalue weighted by atomic mass is 16.6. The molecule has 0 unspecified atom stereocenters. The minimum atomic E-state index is -0.299. The van der Waals surface area contributed by atoms with Crippen LogP contribution in [0.2, 0.25) is 0 Å². The zero-order valence-electron chi connectivity index (χ0n) is 9.61. The first-order chi connectivity index (χ1) is 7.50. The molecule has 2 atom stereocenters. The lowest BCUT2D eigenvalue weighted by Gasteiger charge is -2.30. The first-order valence-electron chi connectivity index (χ1n) is 5.49. The highest BCUT2D eigenvalue weighted by Crippen LogP contribution is 2.54. The summed E-state index contributed by atoms with van der Waals surface area (Å²) in [4.78, 5) is 11.5.